The molecule has 0 saturated heterocycles. The first-order chi connectivity index (χ1) is 8.80. The van der Waals surface area contributed by atoms with Gasteiger partial charge in [-0.15, -0.1) is 11.6 Å². The normalized spacial score (nSPS) is 12.3. The van der Waals surface area contributed by atoms with Crippen molar-refractivity contribution in [2.75, 3.05) is 5.88 Å². The molecule has 0 atom stereocenters. The predicted molar refractivity (Wildman–Crippen MR) is 74.2 cm³/mol. The highest BCUT2D eigenvalue weighted by Gasteiger charge is 2.33. The fraction of sp³-hybridized carbons (Fsp3) is 0.583. The minimum atomic E-state index is -0.879. The van der Waals surface area contributed by atoms with Crippen molar-refractivity contribution in [1.29, 1.82) is 0 Å². The number of alkyl halides is 1. The number of primary amides is 1. The highest BCUT2D eigenvalue weighted by Crippen LogP contribution is 2.27. The molecule has 0 unspecified atom stereocenters. The molecule has 0 aromatic carbocycles. The van der Waals surface area contributed by atoms with Crippen LogP contribution in [-0.4, -0.2) is 31.1 Å². The number of halogens is 1. The molecule has 2 aromatic heterocycles. The van der Waals surface area contributed by atoms with Crippen LogP contribution in [0.5, 0.6) is 0 Å². The van der Waals surface area contributed by atoms with Crippen LogP contribution in [0.4, 0.5) is 0 Å². The Bertz CT molecular complexity index is 640. The number of imidazole rings is 1. The lowest BCUT2D eigenvalue weighted by Gasteiger charge is -2.25. The average Bonchev–Trinajstić information content (AvgIpc) is 2.79. The Morgan fingerprint density at radius 1 is 1.47 bits per heavy atom. The lowest BCUT2D eigenvalue weighted by Crippen LogP contribution is -2.42. The van der Waals surface area contributed by atoms with Crippen LogP contribution in [0.2, 0.25) is 0 Å². The van der Waals surface area contributed by atoms with E-state index in [1.165, 1.54) is 0 Å². The molecular formula is C12H18ClN5O. The second-order valence-electron chi connectivity index (χ2n) is 5.11. The second-order valence-corrected chi connectivity index (χ2v) is 5.48. The fourth-order valence-electron chi connectivity index (χ4n) is 2.27. The number of hydrogen-bond donors (Lipinski definition) is 1. The minimum absolute atomic E-state index is 0.415. The van der Waals surface area contributed by atoms with Gasteiger partial charge in [-0.05, 0) is 20.8 Å². The smallest absolute Gasteiger partial charge is 0.243 e. The van der Waals surface area contributed by atoms with E-state index in [1.54, 1.807) is 18.5 Å². The molecule has 2 rings (SSSR count). The van der Waals surface area contributed by atoms with Gasteiger partial charge >= 0.3 is 0 Å². The van der Waals surface area contributed by atoms with E-state index >= 15 is 0 Å². The van der Waals surface area contributed by atoms with Gasteiger partial charge in [-0.25, -0.2) is 4.98 Å². The number of hydrogen-bond acceptors (Lipinski definition) is 3. The largest absolute Gasteiger partial charge is 0.368 e. The quantitative estimate of drug-likeness (QED) is 0.853. The number of aromatic nitrogens is 4. The summed E-state index contributed by atoms with van der Waals surface area (Å²) in [5.74, 6) is 0.774. The maximum absolute atomic E-state index is 11.7. The van der Waals surface area contributed by atoms with Crippen LogP contribution >= 0.6 is 11.6 Å². The van der Waals surface area contributed by atoms with E-state index in [1.807, 2.05) is 18.5 Å². The van der Waals surface area contributed by atoms with Gasteiger partial charge in [0.2, 0.25) is 5.91 Å². The standard InChI is InChI=1S/C12H18ClN5O/c1-7-9-10(17(4)16-7)18(8(15-9)5-6-13)12(2,3)11(14)19/h5-6H2,1-4H3,(H2,14,19). The molecule has 0 fully saturated rings. The Morgan fingerprint density at radius 3 is 2.63 bits per heavy atom. The van der Waals surface area contributed by atoms with Gasteiger partial charge in [0.1, 0.15) is 16.9 Å². The van der Waals surface area contributed by atoms with Gasteiger partial charge in [-0.3, -0.25) is 14.0 Å². The maximum Gasteiger partial charge on any atom is 0.243 e. The van der Waals surface area contributed by atoms with Gasteiger partial charge in [0, 0.05) is 19.3 Å². The molecule has 0 aliphatic rings. The van der Waals surface area contributed by atoms with Gasteiger partial charge in [0.05, 0.1) is 5.69 Å². The van der Waals surface area contributed by atoms with E-state index in [0.29, 0.717) is 12.3 Å². The van der Waals surface area contributed by atoms with Crippen LogP contribution in [0.15, 0.2) is 0 Å². The van der Waals surface area contributed by atoms with Gasteiger partial charge in [-0.1, -0.05) is 0 Å². The summed E-state index contributed by atoms with van der Waals surface area (Å²) in [7, 11) is 1.83. The first-order valence-corrected chi connectivity index (χ1v) is 6.61. The summed E-state index contributed by atoms with van der Waals surface area (Å²) in [6.45, 7) is 5.44. The Kier molecular flexibility index (Phi) is 3.30. The van der Waals surface area contributed by atoms with Crippen molar-refractivity contribution < 1.29 is 4.79 Å². The number of carbonyl (C=O) groups is 1. The molecule has 7 heteroatoms. The van der Waals surface area contributed by atoms with E-state index in [-0.39, 0.29) is 0 Å². The Labute approximate surface area is 116 Å². The summed E-state index contributed by atoms with van der Waals surface area (Å²) in [4.78, 5) is 16.3. The molecule has 0 bridgehead atoms. The van der Waals surface area contributed by atoms with Crippen LogP contribution in [0.25, 0.3) is 11.2 Å². The Hall–Kier alpha value is -1.56. The molecule has 2 aromatic rings. The number of carbonyl (C=O) groups excluding carboxylic acids is 1. The molecule has 0 aliphatic heterocycles. The zero-order valence-electron chi connectivity index (χ0n) is 11.6. The maximum atomic E-state index is 11.7. The summed E-state index contributed by atoms with van der Waals surface area (Å²) in [6.07, 6.45) is 0.576. The molecule has 0 spiro atoms. The van der Waals surface area contributed by atoms with Gasteiger partial charge < -0.3 is 5.73 Å². The van der Waals surface area contributed by atoms with E-state index in [4.69, 9.17) is 17.3 Å². The monoisotopic (exact) mass is 283 g/mol. The Morgan fingerprint density at radius 2 is 2.11 bits per heavy atom. The fourth-order valence-corrected chi connectivity index (χ4v) is 2.44. The topological polar surface area (TPSA) is 78.7 Å². The molecule has 0 aliphatic carbocycles. The number of fused-ring (bicyclic) bond motifs is 1. The van der Waals surface area contributed by atoms with E-state index in [9.17, 15) is 4.79 Å². The molecule has 0 radical (unpaired) electrons. The third-order valence-corrected chi connectivity index (χ3v) is 3.54. The summed E-state index contributed by atoms with van der Waals surface area (Å²) in [5.41, 5.74) is 7.05. The summed E-state index contributed by atoms with van der Waals surface area (Å²) in [6, 6.07) is 0. The average molecular weight is 284 g/mol. The van der Waals surface area contributed by atoms with Gasteiger partial charge in [0.15, 0.2) is 5.65 Å². The number of rotatable bonds is 4. The number of aryl methyl sites for hydroxylation is 3. The lowest BCUT2D eigenvalue weighted by atomic mass is 10.0. The van der Waals surface area contributed by atoms with Crippen molar-refractivity contribution in [3.05, 3.63) is 11.5 Å². The van der Waals surface area contributed by atoms with Crippen LogP contribution in [0.1, 0.15) is 25.4 Å². The molecule has 2 heterocycles. The van der Waals surface area contributed by atoms with Crippen molar-refractivity contribution in [2.45, 2.75) is 32.7 Å². The molecule has 1 amide bonds. The van der Waals surface area contributed by atoms with Crippen molar-refractivity contribution in [3.8, 4) is 0 Å². The second kappa shape index (κ2) is 4.52. The van der Waals surface area contributed by atoms with E-state index < -0.39 is 11.4 Å². The molecule has 6 nitrogen and oxygen atoms in total. The molecular weight excluding hydrogens is 266 g/mol. The van der Waals surface area contributed by atoms with Gasteiger partial charge in [0.25, 0.3) is 0 Å². The zero-order chi connectivity index (χ0) is 14.4. The van der Waals surface area contributed by atoms with Crippen molar-refractivity contribution in [1.82, 2.24) is 19.3 Å². The third kappa shape index (κ3) is 2.00. The van der Waals surface area contributed by atoms with E-state index in [0.717, 1.165) is 22.7 Å². The summed E-state index contributed by atoms with van der Waals surface area (Å²) < 4.78 is 3.56. The summed E-state index contributed by atoms with van der Waals surface area (Å²) in [5, 5.41) is 4.33. The predicted octanol–water partition coefficient (Wildman–Crippen LogP) is 1.08. The highest BCUT2D eigenvalue weighted by molar-refractivity contribution is 6.17. The number of nitrogens with two attached hydrogens (primary N) is 1. The lowest BCUT2D eigenvalue weighted by molar-refractivity contribution is -0.125. The first-order valence-electron chi connectivity index (χ1n) is 6.08. The molecule has 2 N–H and O–H groups in total. The number of nitrogens with zero attached hydrogens (tertiary/aromatic N) is 4. The van der Waals surface area contributed by atoms with E-state index in [2.05, 4.69) is 10.1 Å². The molecule has 0 saturated carbocycles. The molecule has 19 heavy (non-hydrogen) atoms. The van der Waals surface area contributed by atoms with Crippen molar-refractivity contribution >= 4 is 28.7 Å². The van der Waals surface area contributed by atoms with Crippen LogP contribution in [-0.2, 0) is 23.8 Å². The van der Waals surface area contributed by atoms with Crippen molar-refractivity contribution in [3.63, 3.8) is 0 Å². The van der Waals surface area contributed by atoms with Crippen molar-refractivity contribution in [2.24, 2.45) is 12.8 Å². The first kappa shape index (κ1) is 13.9. The van der Waals surface area contributed by atoms with Gasteiger partial charge in [-0.2, -0.15) is 5.10 Å². The zero-order valence-corrected chi connectivity index (χ0v) is 12.3. The highest BCUT2D eigenvalue weighted by atomic mass is 35.5. The van der Waals surface area contributed by atoms with Crippen LogP contribution < -0.4 is 5.73 Å². The van der Waals surface area contributed by atoms with Crippen LogP contribution in [0.3, 0.4) is 0 Å². The minimum Gasteiger partial charge on any atom is -0.368 e. The third-order valence-electron chi connectivity index (χ3n) is 3.35. The molecule has 104 valence electrons. The van der Waals surface area contributed by atoms with Crippen LogP contribution in [0, 0.1) is 6.92 Å². The number of amides is 1. The Balaban J connectivity index is 2.81. The summed E-state index contributed by atoms with van der Waals surface area (Å²) >= 11 is 5.82. The SMILES string of the molecule is Cc1nn(C)c2c1nc(CCCl)n2C(C)(C)C(N)=O.